The highest BCUT2D eigenvalue weighted by Crippen LogP contribution is 2.27. The molecule has 1 atom stereocenters. The van der Waals surface area contributed by atoms with Crippen LogP contribution in [0.5, 0.6) is 0 Å². The summed E-state index contributed by atoms with van der Waals surface area (Å²) >= 11 is 0. The molecule has 2 rings (SSSR count). The van der Waals surface area contributed by atoms with Gasteiger partial charge in [0.05, 0.1) is 0 Å². The molecule has 3 heteroatoms. The summed E-state index contributed by atoms with van der Waals surface area (Å²) < 4.78 is 0. The van der Waals surface area contributed by atoms with Gasteiger partial charge in [-0.1, -0.05) is 18.9 Å². The predicted molar refractivity (Wildman–Crippen MR) is 70.5 cm³/mol. The molecule has 1 aliphatic rings. The Morgan fingerprint density at radius 2 is 2.24 bits per heavy atom. The minimum absolute atomic E-state index is 0.333. The molecule has 1 unspecified atom stereocenters. The molecule has 0 aliphatic heterocycles. The minimum Gasteiger partial charge on any atom is -0.326 e. The van der Waals surface area contributed by atoms with E-state index < -0.39 is 0 Å². The van der Waals surface area contributed by atoms with Gasteiger partial charge in [0, 0.05) is 31.5 Å². The Bertz CT molecular complexity index is 319. The summed E-state index contributed by atoms with van der Waals surface area (Å²) in [6.07, 6.45) is 9.12. The zero-order chi connectivity index (χ0) is 12.1. The number of aromatic nitrogens is 1. The second-order valence-corrected chi connectivity index (χ2v) is 5.27. The number of pyridine rings is 1. The fraction of sp³-hybridized carbons (Fsp3) is 0.643. The van der Waals surface area contributed by atoms with Crippen molar-refractivity contribution in [3.8, 4) is 0 Å². The molecule has 1 aromatic heterocycles. The van der Waals surface area contributed by atoms with Gasteiger partial charge in [-0.2, -0.15) is 0 Å². The van der Waals surface area contributed by atoms with Crippen molar-refractivity contribution >= 4 is 0 Å². The van der Waals surface area contributed by atoms with Gasteiger partial charge in [-0.05, 0) is 37.4 Å². The van der Waals surface area contributed by atoms with Crippen molar-refractivity contribution in [3.63, 3.8) is 0 Å². The minimum atomic E-state index is 0.333. The van der Waals surface area contributed by atoms with E-state index in [0.29, 0.717) is 6.04 Å². The normalized spacial score (nSPS) is 18.8. The number of hydrogen-bond donors (Lipinski definition) is 1. The molecule has 0 bridgehead atoms. The molecular formula is C14H23N3. The Labute approximate surface area is 104 Å². The number of likely N-dealkylation sites (N-methyl/N-ethyl adjacent to an activating group) is 1. The van der Waals surface area contributed by atoms with Crippen LogP contribution in [0, 0.1) is 5.92 Å². The quantitative estimate of drug-likeness (QED) is 0.846. The van der Waals surface area contributed by atoms with Crippen LogP contribution < -0.4 is 5.73 Å². The fourth-order valence-electron chi connectivity index (χ4n) is 2.76. The van der Waals surface area contributed by atoms with E-state index in [9.17, 15) is 0 Å². The van der Waals surface area contributed by atoms with Crippen LogP contribution in [-0.2, 0) is 6.54 Å². The molecule has 2 N–H and O–H groups in total. The summed E-state index contributed by atoms with van der Waals surface area (Å²) in [6, 6.07) is 4.43. The third-order valence-corrected chi connectivity index (χ3v) is 3.70. The first-order valence-electron chi connectivity index (χ1n) is 6.59. The molecule has 17 heavy (non-hydrogen) atoms. The molecule has 0 amide bonds. The number of rotatable bonds is 5. The van der Waals surface area contributed by atoms with E-state index in [-0.39, 0.29) is 0 Å². The summed E-state index contributed by atoms with van der Waals surface area (Å²) in [5, 5.41) is 0. The van der Waals surface area contributed by atoms with Gasteiger partial charge in [0.15, 0.2) is 0 Å². The molecule has 94 valence electrons. The van der Waals surface area contributed by atoms with Gasteiger partial charge in [-0.25, -0.2) is 0 Å². The Morgan fingerprint density at radius 3 is 2.88 bits per heavy atom. The highest BCUT2D eigenvalue weighted by atomic mass is 15.1. The van der Waals surface area contributed by atoms with E-state index in [2.05, 4.69) is 23.0 Å². The van der Waals surface area contributed by atoms with Crippen LogP contribution in [0.2, 0.25) is 0 Å². The Balaban J connectivity index is 1.78. The number of hydrogen-bond acceptors (Lipinski definition) is 3. The molecule has 0 radical (unpaired) electrons. The van der Waals surface area contributed by atoms with E-state index in [1.807, 2.05) is 18.5 Å². The van der Waals surface area contributed by atoms with E-state index >= 15 is 0 Å². The van der Waals surface area contributed by atoms with Crippen LogP contribution in [0.3, 0.4) is 0 Å². The van der Waals surface area contributed by atoms with Crippen molar-refractivity contribution in [1.29, 1.82) is 0 Å². The van der Waals surface area contributed by atoms with E-state index in [1.165, 1.54) is 31.2 Å². The molecule has 1 aliphatic carbocycles. The predicted octanol–water partition coefficient (Wildman–Crippen LogP) is 2.03. The van der Waals surface area contributed by atoms with Crippen LogP contribution >= 0.6 is 0 Å². The maximum Gasteiger partial charge on any atom is 0.0312 e. The van der Waals surface area contributed by atoms with E-state index in [4.69, 9.17) is 5.73 Å². The highest BCUT2D eigenvalue weighted by molar-refractivity contribution is 5.08. The maximum absolute atomic E-state index is 6.28. The van der Waals surface area contributed by atoms with Gasteiger partial charge < -0.3 is 10.6 Å². The van der Waals surface area contributed by atoms with Crippen LogP contribution in [-0.4, -0.2) is 29.5 Å². The Hall–Kier alpha value is -0.930. The monoisotopic (exact) mass is 233 g/mol. The van der Waals surface area contributed by atoms with Crippen molar-refractivity contribution in [1.82, 2.24) is 9.88 Å². The van der Waals surface area contributed by atoms with Gasteiger partial charge in [0.2, 0.25) is 0 Å². The Kier molecular flexibility index (Phi) is 4.51. The largest absolute Gasteiger partial charge is 0.326 e. The SMILES string of the molecule is CN(Cc1cccnc1)CC(N)C1CCCC1. The molecule has 0 aromatic carbocycles. The molecule has 1 heterocycles. The lowest BCUT2D eigenvalue weighted by Crippen LogP contribution is -2.39. The lowest BCUT2D eigenvalue weighted by atomic mass is 9.98. The first-order chi connectivity index (χ1) is 8.25. The van der Waals surface area contributed by atoms with Gasteiger partial charge in [-0.3, -0.25) is 4.98 Å². The fourth-order valence-corrected chi connectivity index (χ4v) is 2.76. The molecule has 0 spiro atoms. The lowest BCUT2D eigenvalue weighted by Gasteiger charge is -2.25. The molecule has 0 saturated heterocycles. The number of nitrogens with two attached hydrogens (primary N) is 1. The zero-order valence-corrected chi connectivity index (χ0v) is 10.7. The van der Waals surface area contributed by atoms with Crippen LogP contribution in [0.15, 0.2) is 24.5 Å². The highest BCUT2D eigenvalue weighted by Gasteiger charge is 2.22. The average Bonchev–Trinajstić information content (AvgIpc) is 2.83. The molecule has 1 aromatic rings. The average molecular weight is 233 g/mol. The molecule has 1 saturated carbocycles. The molecule has 3 nitrogen and oxygen atoms in total. The Morgan fingerprint density at radius 1 is 1.47 bits per heavy atom. The summed E-state index contributed by atoms with van der Waals surface area (Å²) in [5.41, 5.74) is 7.53. The van der Waals surface area contributed by atoms with Crippen molar-refractivity contribution in [2.75, 3.05) is 13.6 Å². The van der Waals surface area contributed by atoms with Crippen molar-refractivity contribution < 1.29 is 0 Å². The van der Waals surface area contributed by atoms with E-state index in [0.717, 1.165) is 19.0 Å². The summed E-state index contributed by atoms with van der Waals surface area (Å²) in [6.45, 7) is 1.92. The molecular weight excluding hydrogens is 210 g/mol. The summed E-state index contributed by atoms with van der Waals surface area (Å²) in [5.74, 6) is 0.742. The van der Waals surface area contributed by atoms with Crippen LogP contribution in [0.4, 0.5) is 0 Å². The van der Waals surface area contributed by atoms with Gasteiger partial charge in [0.25, 0.3) is 0 Å². The third kappa shape index (κ3) is 3.79. The maximum atomic E-state index is 6.28. The second kappa shape index (κ2) is 6.12. The summed E-state index contributed by atoms with van der Waals surface area (Å²) in [7, 11) is 2.14. The van der Waals surface area contributed by atoms with Gasteiger partial charge >= 0.3 is 0 Å². The van der Waals surface area contributed by atoms with Gasteiger partial charge in [0.1, 0.15) is 0 Å². The number of nitrogens with zero attached hydrogens (tertiary/aromatic N) is 2. The van der Waals surface area contributed by atoms with Gasteiger partial charge in [-0.15, -0.1) is 0 Å². The standard InChI is InChI=1S/C14H23N3/c1-17(10-12-5-4-8-16-9-12)11-14(15)13-6-2-3-7-13/h4-5,8-9,13-14H,2-3,6-7,10-11,15H2,1H3. The van der Waals surface area contributed by atoms with Crippen LogP contribution in [0.1, 0.15) is 31.2 Å². The molecule has 1 fully saturated rings. The zero-order valence-electron chi connectivity index (χ0n) is 10.7. The second-order valence-electron chi connectivity index (χ2n) is 5.27. The van der Waals surface area contributed by atoms with Crippen LogP contribution in [0.25, 0.3) is 0 Å². The first kappa shape index (κ1) is 12.5. The smallest absolute Gasteiger partial charge is 0.0312 e. The van der Waals surface area contributed by atoms with Crippen molar-refractivity contribution in [2.24, 2.45) is 11.7 Å². The van der Waals surface area contributed by atoms with E-state index in [1.54, 1.807) is 0 Å². The lowest BCUT2D eigenvalue weighted by molar-refractivity contribution is 0.264. The topological polar surface area (TPSA) is 42.2 Å². The third-order valence-electron chi connectivity index (χ3n) is 3.70. The van der Waals surface area contributed by atoms with Crippen molar-refractivity contribution in [2.45, 2.75) is 38.3 Å². The summed E-state index contributed by atoms with van der Waals surface area (Å²) in [4.78, 5) is 6.44. The first-order valence-corrected chi connectivity index (χ1v) is 6.59. The van der Waals surface area contributed by atoms with Crippen molar-refractivity contribution in [3.05, 3.63) is 30.1 Å².